The lowest BCUT2D eigenvalue weighted by molar-refractivity contribution is -0.0511. The molecule has 1 amide bonds. The van der Waals surface area contributed by atoms with Crippen LogP contribution in [0.15, 0.2) is 6.33 Å². The molecule has 10 N–H and O–H groups in total. The van der Waals surface area contributed by atoms with Crippen molar-refractivity contribution in [1.29, 1.82) is 0 Å². The third-order valence-electron chi connectivity index (χ3n) is 4.02. The quantitative estimate of drug-likeness (QED) is 0.155. The average molecular weight is 525 g/mol. The number of imidazole rings is 1. The van der Waals surface area contributed by atoms with Crippen molar-refractivity contribution < 1.29 is 66.2 Å². The number of hydrogen-bond donors (Lipinski definition) is 9. The fraction of sp³-hybridized carbons (Fsp3) is 0.600. The van der Waals surface area contributed by atoms with Gasteiger partial charge in [-0.3, -0.25) is 19.6 Å². The Morgan fingerprint density at radius 2 is 1.75 bits per heavy atom. The summed E-state index contributed by atoms with van der Waals surface area (Å²) in [6.45, 7) is -0.997. The van der Waals surface area contributed by atoms with Crippen molar-refractivity contribution in [2.24, 2.45) is 5.73 Å². The summed E-state index contributed by atoms with van der Waals surface area (Å²) >= 11 is 0. The molecule has 182 valence electrons. The van der Waals surface area contributed by atoms with Crippen LogP contribution < -0.4 is 16.4 Å². The molecule has 1 saturated heterocycles. The summed E-state index contributed by atoms with van der Waals surface area (Å²) in [6.07, 6.45) is -6.16. The molecule has 22 heteroatoms. The van der Waals surface area contributed by atoms with Gasteiger partial charge in [0, 0.05) is 0 Å². The number of phosphoric acid groups is 3. The Bertz CT molecular complexity index is 1030. The molecule has 0 bridgehead atoms. The van der Waals surface area contributed by atoms with Gasteiger partial charge in [0.2, 0.25) is 0 Å². The van der Waals surface area contributed by atoms with Crippen LogP contribution in [0.4, 0.5) is 5.82 Å². The monoisotopic (exact) mass is 525 g/mol. The molecular weight excluding hydrogens is 507 g/mol. The summed E-state index contributed by atoms with van der Waals surface area (Å²) in [7, 11) is -16.8. The fourth-order valence-electron chi connectivity index (χ4n) is 2.82. The summed E-state index contributed by atoms with van der Waals surface area (Å²) in [5.41, 5.74) is 5.52. The van der Waals surface area contributed by atoms with E-state index in [0.717, 1.165) is 10.9 Å². The number of ether oxygens (including phenoxy) is 1. The van der Waals surface area contributed by atoms with Crippen LogP contribution >= 0.6 is 23.5 Å². The van der Waals surface area contributed by atoms with Crippen LogP contribution in [0.1, 0.15) is 16.7 Å². The Kier molecular flexibility index (Phi) is 6.99. The Labute approximate surface area is 177 Å². The van der Waals surface area contributed by atoms with Gasteiger partial charge in [-0.05, 0) is 0 Å². The topological polar surface area (TPSA) is 294 Å². The van der Waals surface area contributed by atoms with Crippen molar-refractivity contribution in [3.8, 4) is 0 Å². The van der Waals surface area contributed by atoms with Gasteiger partial charge in [0.25, 0.3) is 5.91 Å². The van der Waals surface area contributed by atoms with Crippen LogP contribution in [0.25, 0.3) is 0 Å². The number of rotatable bonds is 8. The molecule has 2 aliphatic heterocycles. The van der Waals surface area contributed by atoms with E-state index < -0.39 is 66.8 Å². The summed E-state index contributed by atoms with van der Waals surface area (Å²) in [6, 6.07) is 0. The molecule has 0 saturated carbocycles. The van der Waals surface area contributed by atoms with E-state index in [1.165, 1.54) is 0 Å². The number of aromatic nitrogens is 2. The van der Waals surface area contributed by atoms with E-state index in [0.29, 0.717) is 0 Å². The second-order valence-electron chi connectivity index (χ2n) is 6.38. The van der Waals surface area contributed by atoms with Crippen LogP contribution in [0.5, 0.6) is 0 Å². The van der Waals surface area contributed by atoms with E-state index in [1.54, 1.807) is 0 Å². The Morgan fingerprint density at radius 3 is 2.38 bits per heavy atom. The Hall–Kier alpha value is -1.27. The summed E-state index contributed by atoms with van der Waals surface area (Å²) in [4.78, 5) is 51.3. The zero-order chi connectivity index (χ0) is 24.1. The minimum absolute atomic E-state index is 0.0473. The standard InChI is InChI=1S/C10H18N5O14P3/c11-10-13-7-4(8(18)14-10)12-2-15(7)9-6(17)5(16)3(27-9)1-26-31(22,23)29-32(24,25)28-30(19,20)21/h2-3,5-6,9-10,13,16-17H,1,11H2,(H,14,18)(H,22,23)(H,24,25)(H2,19,20,21)/t3-,5?,6?,9-,10?/m1/s1. The fourth-order valence-corrected chi connectivity index (χ4v) is 5.85. The number of aliphatic hydroxyl groups is 2. The number of carbonyl (C=O) groups excluding carboxylic acids is 1. The Morgan fingerprint density at radius 1 is 1.09 bits per heavy atom. The lowest BCUT2D eigenvalue weighted by Crippen LogP contribution is -2.51. The maximum atomic E-state index is 11.9. The predicted molar refractivity (Wildman–Crippen MR) is 97.0 cm³/mol. The SMILES string of the molecule is NC1NC(=O)c2ncn([C@@H]3O[C@H](COP(=O)(O)OP(=O)(O)OP(=O)(O)O)C(O)C3O)c2N1. The van der Waals surface area contributed by atoms with Crippen molar-refractivity contribution in [1.82, 2.24) is 14.9 Å². The molecule has 1 aromatic rings. The number of amides is 1. The van der Waals surface area contributed by atoms with Gasteiger partial charge in [0.15, 0.2) is 18.2 Å². The maximum Gasteiger partial charge on any atom is 0.490 e. The zero-order valence-electron chi connectivity index (χ0n) is 15.4. The van der Waals surface area contributed by atoms with E-state index in [4.69, 9.17) is 25.2 Å². The van der Waals surface area contributed by atoms with Gasteiger partial charge < -0.3 is 45.2 Å². The van der Waals surface area contributed by atoms with Gasteiger partial charge >= 0.3 is 23.5 Å². The number of fused-ring (bicyclic) bond motifs is 1. The van der Waals surface area contributed by atoms with Gasteiger partial charge in [0.1, 0.15) is 24.1 Å². The van der Waals surface area contributed by atoms with Crippen LogP contribution in [-0.2, 0) is 31.6 Å². The number of anilines is 1. The Balaban J connectivity index is 1.68. The second kappa shape index (κ2) is 8.83. The largest absolute Gasteiger partial charge is 0.490 e. The molecule has 5 unspecified atom stereocenters. The minimum Gasteiger partial charge on any atom is -0.387 e. The average Bonchev–Trinajstić information content (AvgIpc) is 3.12. The van der Waals surface area contributed by atoms with Crippen molar-refractivity contribution in [2.45, 2.75) is 30.8 Å². The number of nitrogens with two attached hydrogens (primary N) is 1. The molecule has 1 fully saturated rings. The molecule has 0 aromatic carbocycles. The second-order valence-corrected chi connectivity index (χ2v) is 10.8. The van der Waals surface area contributed by atoms with Gasteiger partial charge in [0.05, 0.1) is 12.9 Å². The molecule has 0 aliphatic carbocycles. The van der Waals surface area contributed by atoms with E-state index >= 15 is 0 Å². The lowest BCUT2D eigenvalue weighted by atomic mass is 10.1. The molecule has 7 atom stereocenters. The molecule has 0 spiro atoms. The first-order valence-electron chi connectivity index (χ1n) is 8.28. The molecular formula is C10H18N5O14P3. The molecule has 3 rings (SSSR count). The number of aliphatic hydroxyl groups excluding tert-OH is 2. The minimum atomic E-state index is -5.73. The van der Waals surface area contributed by atoms with Crippen LogP contribution in [-0.4, -0.2) is 76.5 Å². The molecule has 2 aliphatic rings. The summed E-state index contributed by atoms with van der Waals surface area (Å²) in [5, 5.41) is 25.5. The number of phosphoric ester groups is 1. The van der Waals surface area contributed by atoms with Gasteiger partial charge in [-0.2, -0.15) is 8.62 Å². The molecule has 1 aromatic heterocycles. The molecule has 19 nitrogen and oxygen atoms in total. The molecule has 3 heterocycles. The van der Waals surface area contributed by atoms with Crippen molar-refractivity contribution in [3.63, 3.8) is 0 Å². The highest BCUT2D eigenvalue weighted by molar-refractivity contribution is 7.66. The van der Waals surface area contributed by atoms with Crippen LogP contribution in [0, 0.1) is 0 Å². The third kappa shape index (κ3) is 5.80. The number of carbonyl (C=O) groups is 1. The van der Waals surface area contributed by atoms with Crippen molar-refractivity contribution in [3.05, 3.63) is 12.0 Å². The smallest absolute Gasteiger partial charge is 0.387 e. The van der Waals surface area contributed by atoms with Crippen molar-refractivity contribution >= 4 is 35.2 Å². The van der Waals surface area contributed by atoms with Gasteiger partial charge in [-0.1, -0.05) is 0 Å². The molecule has 0 radical (unpaired) electrons. The maximum absolute atomic E-state index is 11.9. The van der Waals surface area contributed by atoms with Crippen LogP contribution in [0.3, 0.4) is 0 Å². The molecule has 32 heavy (non-hydrogen) atoms. The number of nitrogens with one attached hydrogen (secondary N) is 2. The highest BCUT2D eigenvalue weighted by Gasteiger charge is 2.47. The van der Waals surface area contributed by atoms with Crippen molar-refractivity contribution in [2.75, 3.05) is 11.9 Å². The summed E-state index contributed by atoms with van der Waals surface area (Å²) < 4.78 is 51.8. The third-order valence-corrected chi connectivity index (χ3v) is 7.82. The van der Waals surface area contributed by atoms with Gasteiger partial charge in [-0.15, -0.1) is 0 Å². The van der Waals surface area contributed by atoms with E-state index in [1.807, 2.05) is 0 Å². The first-order valence-corrected chi connectivity index (χ1v) is 12.8. The summed E-state index contributed by atoms with van der Waals surface area (Å²) in [5.74, 6) is -0.576. The first-order chi connectivity index (χ1) is 14.6. The number of hydrogen-bond acceptors (Lipinski definition) is 13. The van der Waals surface area contributed by atoms with Gasteiger partial charge in [-0.25, -0.2) is 18.7 Å². The highest BCUT2D eigenvalue weighted by atomic mass is 31.3. The van der Waals surface area contributed by atoms with Crippen LogP contribution in [0.2, 0.25) is 0 Å². The highest BCUT2D eigenvalue weighted by Crippen LogP contribution is 2.66. The van der Waals surface area contributed by atoms with E-state index in [9.17, 15) is 33.6 Å². The first kappa shape index (κ1) is 25.4. The zero-order valence-corrected chi connectivity index (χ0v) is 18.1. The van der Waals surface area contributed by atoms with E-state index in [2.05, 4.69) is 28.8 Å². The normalized spacial score (nSPS) is 31.8. The lowest BCUT2D eigenvalue weighted by Gasteiger charge is -2.25. The van der Waals surface area contributed by atoms with E-state index in [-0.39, 0.29) is 11.5 Å². The number of nitrogens with zero attached hydrogens (tertiary/aromatic N) is 2. The predicted octanol–water partition coefficient (Wildman–Crippen LogP) is -2.76.